The van der Waals surface area contributed by atoms with Crippen molar-refractivity contribution in [2.24, 2.45) is 0 Å². The average molecular weight is 476 g/mol. The summed E-state index contributed by atoms with van der Waals surface area (Å²) in [7, 11) is 0. The zero-order valence-electron chi connectivity index (χ0n) is 17.8. The van der Waals surface area contributed by atoms with Crippen LogP contribution in [-0.4, -0.2) is 20.4 Å². The van der Waals surface area contributed by atoms with Gasteiger partial charge in [-0.2, -0.15) is 0 Å². The summed E-state index contributed by atoms with van der Waals surface area (Å²) < 4.78 is 49.4. The van der Waals surface area contributed by atoms with Crippen LogP contribution in [0, 0.1) is 17.5 Å². The molecule has 0 unspecified atom stereocenters. The van der Waals surface area contributed by atoms with Crippen LogP contribution in [0.1, 0.15) is 10.4 Å². The minimum atomic E-state index is -1.05. The van der Waals surface area contributed by atoms with E-state index in [0.29, 0.717) is 22.8 Å². The van der Waals surface area contributed by atoms with Crippen LogP contribution in [0.25, 0.3) is 16.7 Å². The molecule has 0 bridgehead atoms. The van der Waals surface area contributed by atoms with Crippen molar-refractivity contribution in [3.63, 3.8) is 0 Å². The number of benzene rings is 2. The molecule has 0 fully saturated rings. The van der Waals surface area contributed by atoms with Crippen LogP contribution in [-0.2, 0) is 0 Å². The van der Waals surface area contributed by atoms with Crippen LogP contribution in [0.15, 0.2) is 84.0 Å². The Kier molecular flexibility index (Phi) is 5.54. The number of rotatable bonds is 5. The summed E-state index contributed by atoms with van der Waals surface area (Å²) in [5.74, 6) is -3.71. The quantitative estimate of drug-likeness (QED) is 0.366. The number of ether oxygens (including phenoxy) is 1. The van der Waals surface area contributed by atoms with Crippen LogP contribution >= 0.6 is 0 Å². The van der Waals surface area contributed by atoms with Crippen molar-refractivity contribution in [1.29, 1.82) is 0 Å². The van der Waals surface area contributed by atoms with Gasteiger partial charge in [-0.25, -0.2) is 18.2 Å². The van der Waals surface area contributed by atoms with E-state index >= 15 is 0 Å². The summed E-state index contributed by atoms with van der Waals surface area (Å²) in [6.45, 7) is 0. The number of nitrogens with one attached hydrogen (secondary N) is 2. The molecule has 5 rings (SSSR count). The molecule has 2 aromatic carbocycles. The molecule has 3 heterocycles. The Labute approximate surface area is 195 Å². The van der Waals surface area contributed by atoms with Gasteiger partial charge in [0.15, 0.2) is 11.6 Å². The van der Waals surface area contributed by atoms with Gasteiger partial charge in [-0.1, -0.05) is 0 Å². The lowest BCUT2D eigenvalue weighted by molar-refractivity contribution is 0.102. The molecular weight excluding hydrogens is 461 g/mol. The maximum absolute atomic E-state index is 14.8. The van der Waals surface area contributed by atoms with E-state index in [1.54, 1.807) is 12.3 Å². The molecule has 0 aliphatic heterocycles. The molecule has 0 saturated heterocycles. The van der Waals surface area contributed by atoms with Gasteiger partial charge >= 0.3 is 0 Å². The number of aromatic nitrogens is 3. The number of carbonyl (C=O) groups is 1. The molecule has 0 aliphatic carbocycles. The fourth-order valence-electron chi connectivity index (χ4n) is 3.51. The van der Waals surface area contributed by atoms with Gasteiger partial charge in [0.05, 0.1) is 10.9 Å². The topological polar surface area (TPSA) is 89.0 Å². The molecule has 0 saturated carbocycles. The van der Waals surface area contributed by atoms with Crippen molar-refractivity contribution in [3.8, 4) is 17.2 Å². The first-order valence-electron chi connectivity index (χ1n) is 10.3. The second-order valence-corrected chi connectivity index (χ2v) is 7.44. The van der Waals surface area contributed by atoms with Gasteiger partial charge in [-0.15, -0.1) is 0 Å². The maximum Gasteiger partial charge on any atom is 0.278 e. The summed E-state index contributed by atoms with van der Waals surface area (Å²) in [4.78, 5) is 32.4. The minimum absolute atomic E-state index is 0.173. The predicted octanol–water partition coefficient (Wildman–Crippen LogP) is 5.18. The molecule has 0 atom stereocenters. The highest BCUT2D eigenvalue weighted by atomic mass is 19.1. The third-order valence-electron chi connectivity index (χ3n) is 5.21. The second kappa shape index (κ2) is 8.82. The lowest BCUT2D eigenvalue weighted by atomic mass is 10.1. The van der Waals surface area contributed by atoms with Crippen molar-refractivity contribution in [1.82, 2.24) is 14.5 Å². The van der Waals surface area contributed by atoms with Gasteiger partial charge in [-0.3, -0.25) is 14.2 Å². The van der Waals surface area contributed by atoms with E-state index in [4.69, 9.17) is 4.74 Å². The molecular formula is C25H15F3N4O3. The monoisotopic (exact) mass is 476 g/mol. The number of halogens is 3. The van der Waals surface area contributed by atoms with Gasteiger partial charge in [0.25, 0.3) is 11.5 Å². The molecule has 3 aromatic heterocycles. The number of hydrogen-bond donors (Lipinski definition) is 2. The fourth-order valence-corrected chi connectivity index (χ4v) is 3.51. The summed E-state index contributed by atoms with van der Waals surface area (Å²) in [6, 6.07) is 12.6. The first-order chi connectivity index (χ1) is 16.9. The van der Waals surface area contributed by atoms with Crippen molar-refractivity contribution < 1.29 is 22.7 Å². The average Bonchev–Trinajstić information content (AvgIpc) is 3.33. The molecule has 35 heavy (non-hydrogen) atoms. The Morgan fingerprint density at radius 1 is 0.971 bits per heavy atom. The van der Waals surface area contributed by atoms with E-state index in [1.807, 2.05) is 0 Å². The number of aromatic amines is 1. The minimum Gasteiger partial charge on any atom is -0.453 e. The van der Waals surface area contributed by atoms with E-state index in [-0.39, 0.29) is 11.4 Å². The van der Waals surface area contributed by atoms with Gasteiger partial charge in [0.2, 0.25) is 0 Å². The normalized spacial score (nSPS) is 10.9. The number of nitrogens with zero attached hydrogens (tertiary/aromatic N) is 2. The van der Waals surface area contributed by atoms with Crippen LogP contribution < -0.4 is 15.6 Å². The number of amides is 1. The van der Waals surface area contributed by atoms with Crippen LogP contribution in [0.5, 0.6) is 11.5 Å². The highest BCUT2D eigenvalue weighted by Crippen LogP contribution is 2.31. The Bertz CT molecular complexity index is 1630. The number of pyridine rings is 2. The van der Waals surface area contributed by atoms with E-state index in [2.05, 4.69) is 15.3 Å². The summed E-state index contributed by atoms with van der Waals surface area (Å²) in [6.07, 6.45) is 4.50. The van der Waals surface area contributed by atoms with Crippen LogP contribution in [0.2, 0.25) is 0 Å². The van der Waals surface area contributed by atoms with Gasteiger partial charge in [0, 0.05) is 30.3 Å². The van der Waals surface area contributed by atoms with Crippen LogP contribution in [0.4, 0.5) is 18.9 Å². The van der Waals surface area contributed by atoms with Gasteiger partial charge in [0.1, 0.15) is 28.7 Å². The highest BCUT2D eigenvalue weighted by Gasteiger charge is 2.19. The molecule has 2 N–H and O–H groups in total. The fraction of sp³-hybridized carbons (Fsp3) is 0. The van der Waals surface area contributed by atoms with Crippen LogP contribution in [0.3, 0.4) is 0 Å². The number of fused-ring (bicyclic) bond motifs is 1. The summed E-state index contributed by atoms with van der Waals surface area (Å²) in [5.41, 5.74) is -0.560. The predicted molar refractivity (Wildman–Crippen MR) is 122 cm³/mol. The second-order valence-electron chi connectivity index (χ2n) is 7.44. The first kappa shape index (κ1) is 22.0. The first-order valence-corrected chi connectivity index (χ1v) is 10.3. The third-order valence-corrected chi connectivity index (χ3v) is 5.21. The Morgan fingerprint density at radius 2 is 1.77 bits per heavy atom. The smallest absolute Gasteiger partial charge is 0.278 e. The lowest BCUT2D eigenvalue weighted by Gasteiger charge is -2.12. The van der Waals surface area contributed by atoms with Crippen molar-refractivity contribution in [2.75, 3.05) is 5.32 Å². The molecule has 0 aliphatic rings. The van der Waals surface area contributed by atoms with E-state index in [1.165, 1.54) is 59.4 Å². The summed E-state index contributed by atoms with van der Waals surface area (Å²) >= 11 is 0. The Morgan fingerprint density at radius 3 is 2.57 bits per heavy atom. The zero-order chi connectivity index (χ0) is 24.5. The maximum atomic E-state index is 14.8. The molecule has 5 aromatic rings. The van der Waals surface area contributed by atoms with E-state index < -0.39 is 40.2 Å². The Balaban J connectivity index is 1.41. The SMILES string of the molecule is O=C(Nc1cccn(-c2ccc(F)cc2)c1=O)c1cc(F)c(Oc2ccnc3[nH]ccc23)cc1F. The number of anilines is 1. The largest absolute Gasteiger partial charge is 0.453 e. The van der Waals surface area contributed by atoms with E-state index in [0.717, 1.165) is 6.07 Å². The Hall–Kier alpha value is -4.86. The molecule has 0 radical (unpaired) electrons. The van der Waals surface area contributed by atoms with Gasteiger partial charge in [-0.05, 0) is 54.6 Å². The van der Waals surface area contributed by atoms with Crippen molar-refractivity contribution >= 4 is 22.6 Å². The third kappa shape index (κ3) is 4.24. The molecule has 7 nitrogen and oxygen atoms in total. The van der Waals surface area contributed by atoms with E-state index in [9.17, 15) is 22.8 Å². The number of hydrogen-bond acceptors (Lipinski definition) is 4. The van der Waals surface area contributed by atoms with Crippen molar-refractivity contribution in [3.05, 3.63) is 113 Å². The highest BCUT2D eigenvalue weighted by molar-refractivity contribution is 6.04. The molecule has 1 amide bonds. The number of carbonyl (C=O) groups excluding carboxylic acids is 1. The molecule has 0 spiro atoms. The zero-order valence-corrected chi connectivity index (χ0v) is 17.8. The van der Waals surface area contributed by atoms with Gasteiger partial charge < -0.3 is 15.0 Å². The summed E-state index contributed by atoms with van der Waals surface area (Å²) in [5, 5.41) is 2.87. The number of H-pyrrole nitrogens is 1. The lowest BCUT2D eigenvalue weighted by Crippen LogP contribution is -2.25. The molecule has 174 valence electrons. The molecule has 10 heteroatoms. The van der Waals surface area contributed by atoms with Crippen molar-refractivity contribution in [2.45, 2.75) is 0 Å². The standard InChI is InChI=1S/C25H15F3N4O3/c26-14-3-5-15(6-4-14)32-11-1-2-20(25(32)34)31-24(33)17-12-19(28)22(13-18(17)27)35-21-8-10-30-23-16(21)7-9-29-23/h1-13H,(H,29,30)(H,31,33).